The fourth-order valence-corrected chi connectivity index (χ4v) is 2.91. The fraction of sp³-hybridized carbons (Fsp3) is 0.333. The third-order valence-electron chi connectivity index (χ3n) is 4.25. The first kappa shape index (κ1) is 16.5. The van der Waals surface area contributed by atoms with Crippen LogP contribution in [0.3, 0.4) is 0 Å². The smallest absolute Gasteiger partial charge is 0.241 e. The van der Waals surface area contributed by atoms with Gasteiger partial charge in [0.1, 0.15) is 6.33 Å². The highest BCUT2D eigenvalue weighted by molar-refractivity contribution is 5.58. The zero-order valence-corrected chi connectivity index (χ0v) is 14.7. The highest BCUT2D eigenvalue weighted by atomic mass is 16.5. The average Bonchev–Trinajstić information content (AvgIpc) is 3.25. The molecule has 0 aliphatic carbocycles. The van der Waals surface area contributed by atoms with Crippen molar-refractivity contribution < 1.29 is 4.74 Å². The van der Waals surface area contributed by atoms with E-state index in [1.807, 2.05) is 24.4 Å². The lowest BCUT2D eigenvalue weighted by molar-refractivity contribution is 0.122. The van der Waals surface area contributed by atoms with Crippen LogP contribution >= 0.6 is 0 Å². The largest absolute Gasteiger partial charge is 0.378 e. The number of ether oxygens (including phenoxy) is 1. The van der Waals surface area contributed by atoms with Crippen molar-refractivity contribution in [3.63, 3.8) is 0 Å². The Kier molecular flexibility index (Phi) is 4.74. The SMILES string of the molecule is CCN(c1ccccc1)c1nc(N2CCOCC2)nc(-n2ccnc2)n1. The Hall–Kier alpha value is -3.00. The number of rotatable bonds is 5. The van der Waals surface area contributed by atoms with E-state index in [9.17, 15) is 0 Å². The van der Waals surface area contributed by atoms with E-state index < -0.39 is 0 Å². The minimum atomic E-state index is 0.559. The van der Waals surface area contributed by atoms with Gasteiger partial charge in [-0.3, -0.25) is 4.57 Å². The molecule has 1 aliphatic heterocycles. The van der Waals surface area contributed by atoms with Crippen molar-refractivity contribution in [2.24, 2.45) is 0 Å². The standard InChI is InChI=1S/C18H21N7O/c1-2-25(15-6-4-3-5-7-15)18-21-16(23-10-12-26-13-11-23)20-17(22-18)24-9-8-19-14-24/h3-9,14H,2,10-13H2,1H3. The first-order valence-corrected chi connectivity index (χ1v) is 8.75. The number of benzene rings is 1. The second-order valence-corrected chi connectivity index (χ2v) is 5.88. The van der Waals surface area contributed by atoms with Crippen LogP contribution < -0.4 is 9.80 Å². The summed E-state index contributed by atoms with van der Waals surface area (Å²) in [6.07, 6.45) is 5.24. The van der Waals surface area contributed by atoms with Crippen LogP contribution in [0.15, 0.2) is 49.1 Å². The van der Waals surface area contributed by atoms with E-state index in [1.54, 1.807) is 17.1 Å². The van der Waals surface area contributed by atoms with E-state index in [2.05, 4.69) is 43.8 Å². The highest BCUT2D eigenvalue weighted by Crippen LogP contribution is 2.24. The van der Waals surface area contributed by atoms with Crippen LogP contribution in [0.25, 0.3) is 5.95 Å². The van der Waals surface area contributed by atoms with E-state index >= 15 is 0 Å². The number of imidazole rings is 1. The molecule has 3 heterocycles. The Bertz CT molecular complexity index is 832. The number of para-hydroxylation sites is 1. The van der Waals surface area contributed by atoms with Gasteiger partial charge in [0.25, 0.3) is 0 Å². The fourth-order valence-electron chi connectivity index (χ4n) is 2.91. The summed E-state index contributed by atoms with van der Waals surface area (Å²) in [5.74, 6) is 1.85. The quantitative estimate of drug-likeness (QED) is 0.696. The number of morpholine rings is 1. The third-order valence-corrected chi connectivity index (χ3v) is 4.25. The normalized spacial score (nSPS) is 14.4. The van der Waals surface area contributed by atoms with Gasteiger partial charge in [-0.05, 0) is 19.1 Å². The molecule has 8 nitrogen and oxygen atoms in total. The van der Waals surface area contributed by atoms with Crippen molar-refractivity contribution in [2.75, 3.05) is 42.6 Å². The Morgan fingerprint density at radius 2 is 1.81 bits per heavy atom. The Balaban J connectivity index is 1.78. The molecular weight excluding hydrogens is 330 g/mol. The van der Waals surface area contributed by atoms with Crippen LogP contribution in [-0.4, -0.2) is 57.4 Å². The van der Waals surface area contributed by atoms with Crippen molar-refractivity contribution in [3.05, 3.63) is 49.1 Å². The van der Waals surface area contributed by atoms with Gasteiger partial charge in [0.15, 0.2) is 0 Å². The zero-order valence-electron chi connectivity index (χ0n) is 14.7. The maximum absolute atomic E-state index is 5.45. The second kappa shape index (κ2) is 7.49. The van der Waals surface area contributed by atoms with Gasteiger partial charge in [-0.2, -0.15) is 15.0 Å². The van der Waals surface area contributed by atoms with E-state index in [1.165, 1.54) is 0 Å². The summed E-state index contributed by atoms with van der Waals surface area (Å²) < 4.78 is 7.25. The molecule has 3 aromatic rings. The Labute approximate surface area is 152 Å². The van der Waals surface area contributed by atoms with Gasteiger partial charge in [-0.25, -0.2) is 4.98 Å². The Morgan fingerprint density at radius 1 is 1.04 bits per heavy atom. The van der Waals surface area contributed by atoms with Gasteiger partial charge in [0.05, 0.1) is 13.2 Å². The summed E-state index contributed by atoms with van der Waals surface area (Å²) in [5.41, 5.74) is 1.05. The number of hydrogen-bond acceptors (Lipinski definition) is 7. The lowest BCUT2D eigenvalue weighted by Gasteiger charge is -2.28. The predicted octanol–water partition coefficient (Wildman–Crippen LogP) is 2.05. The van der Waals surface area contributed by atoms with Gasteiger partial charge in [-0.15, -0.1) is 0 Å². The minimum absolute atomic E-state index is 0.559. The molecule has 4 rings (SSSR count). The van der Waals surface area contributed by atoms with Gasteiger partial charge in [0, 0.05) is 37.7 Å². The second-order valence-electron chi connectivity index (χ2n) is 5.88. The lowest BCUT2D eigenvalue weighted by atomic mass is 10.3. The maximum Gasteiger partial charge on any atom is 0.241 e. The average molecular weight is 351 g/mol. The first-order valence-electron chi connectivity index (χ1n) is 8.75. The van der Waals surface area contributed by atoms with Gasteiger partial charge in [0.2, 0.25) is 17.8 Å². The molecule has 0 spiro atoms. The summed E-state index contributed by atoms with van der Waals surface area (Å²) >= 11 is 0. The van der Waals surface area contributed by atoms with Crippen LogP contribution in [0.4, 0.5) is 17.6 Å². The highest BCUT2D eigenvalue weighted by Gasteiger charge is 2.20. The topological polar surface area (TPSA) is 72.2 Å². The zero-order chi connectivity index (χ0) is 17.8. The number of anilines is 3. The molecule has 0 amide bonds. The van der Waals surface area contributed by atoms with E-state index in [0.717, 1.165) is 25.3 Å². The molecule has 1 fully saturated rings. The molecule has 0 atom stereocenters. The molecule has 2 aromatic heterocycles. The molecule has 134 valence electrons. The van der Waals surface area contributed by atoms with Crippen molar-refractivity contribution in [1.82, 2.24) is 24.5 Å². The third kappa shape index (κ3) is 3.36. The van der Waals surface area contributed by atoms with E-state index in [4.69, 9.17) is 9.72 Å². The van der Waals surface area contributed by atoms with Crippen LogP contribution in [0.1, 0.15) is 6.92 Å². The van der Waals surface area contributed by atoms with Gasteiger partial charge in [-0.1, -0.05) is 18.2 Å². The number of hydrogen-bond donors (Lipinski definition) is 0. The van der Waals surface area contributed by atoms with Crippen LogP contribution in [-0.2, 0) is 4.74 Å². The van der Waals surface area contributed by atoms with Crippen molar-refractivity contribution in [1.29, 1.82) is 0 Å². The molecule has 8 heteroatoms. The lowest BCUT2D eigenvalue weighted by Crippen LogP contribution is -2.38. The molecule has 1 saturated heterocycles. The molecule has 0 N–H and O–H groups in total. The summed E-state index contributed by atoms with van der Waals surface area (Å²) in [7, 11) is 0. The minimum Gasteiger partial charge on any atom is -0.378 e. The summed E-state index contributed by atoms with van der Waals surface area (Å²) in [4.78, 5) is 22.4. The summed E-state index contributed by atoms with van der Waals surface area (Å²) in [5, 5.41) is 0. The molecule has 1 aliphatic rings. The van der Waals surface area contributed by atoms with E-state index in [0.29, 0.717) is 31.1 Å². The first-order chi connectivity index (χ1) is 12.8. The summed E-state index contributed by atoms with van der Waals surface area (Å²) in [6.45, 7) is 5.73. The van der Waals surface area contributed by atoms with Crippen LogP contribution in [0.2, 0.25) is 0 Å². The molecular formula is C18H21N7O. The summed E-state index contributed by atoms with van der Waals surface area (Å²) in [6, 6.07) is 10.1. The van der Waals surface area contributed by atoms with Gasteiger partial charge < -0.3 is 14.5 Å². The molecule has 26 heavy (non-hydrogen) atoms. The van der Waals surface area contributed by atoms with Gasteiger partial charge >= 0.3 is 0 Å². The molecule has 0 bridgehead atoms. The van der Waals surface area contributed by atoms with Crippen molar-refractivity contribution in [2.45, 2.75) is 6.92 Å². The molecule has 0 unspecified atom stereocenters. The maximum atomic E-state index is 5.45. The molecule has 0 radical (unpaired) electrons. The van der Waals surface area contributed by atoms with Crippen molar-refractivity contribution in [3.8, 4) is 5.95 Å². The van der Waals surface area contributed by atoms with Crippen molar-refractivity contribution >= 4 is 17.6 Å². The molecule has 1 aromatic carbocycles. The number of aromatic nitrogens is 5. The van der Waals surface area contributed by atoms with Crippen LogP contribution in [0, 0.1) is 0 Å². The molecule has 0 saturated carbocycles. The predicted molar refractivity (Wildman–Crippen MR) is 99.1 cm³/mol. The monoisotopic (exact) mass is 351 g/mol. The van der Waals surface area contributed by atoms with E-state index in [-0.39, 0.29) is 0 Å². The van der Waals surface area contributed by atoms with Crippen LogP contribution in [0.5, 0.6) is 0 Å². The Morgan fingerprint density at radius 3 is 2.50 bits per heavy atom. The number of nitrogens with zero attached hydrogens (tertiary/aromatic N) is 7.